The first-order chi connectivity index (χ1) is 12.3. The fourth-order valence-corrected chi connectivity index (χ4v) is 4.43. The van der Waals surface area contributed by atoms with Gasteiger partial charge in [0.2, 0.25) is 10.0 Å². The summed E-state index contributed by atoms with van der Waals surface area (Å²) < 4.78 is 30.0. The second-order valence-corrected chi connectivity index (χ2v) is 8.99. The number of esters is 1. The second-order valence-electron chi connectivity index (χ2n) is 7.01. The first-order valence-corrected chi connectivity index (χ1v) is 11.3. The lowest BCUT2D eigenvalue weighted by Crippen LogP contribution is -2.48. The number of halogens is 1. The molecule has 0 bridgehead atoms. The standard InChI is InChI=1S/C17H32N4O4S.HI/c1-4-18-17(19-11-14-8-10-21(12-14)26(3,23)24)20-9-6-7-15(13-20)16(22)25-5-2;/h14-15H,4-13H2,1-3H3,(H,18,19);1H/t14?,15-;/m1./s1. The number of nitrogens with zero attached hydrogens (tertiary/aromatic N) is 3. The summed E-state index contributed by atoms with van der Waals surface area (Å²) in [7, 11) is -3.12. The molecule has 2 rings (SSSR count). The number of likely N-dealkylation sites (tertiary alicyclic amines) is 1. The monoisotopic (exact) mass is 516 g/mol. The molecular formula is C17H33IN4O4S. The number of hydrogen-bond acceptors (Lipinski definition) is 5. The molecule has 1 unspecified atom stereocenters. The third kappa shape index (κ3) is 7.37. The number of hydrogen-bond donors (Lipinski definition) is 1. The maximum atomic E-state index is 12.0. The Balaban J connectivity index is 0.00000364. The molecule has 2 heterocycles. The Bertz CT molecular complexity index is 614. The number of ether oxygens (including phenoxy) is 1. The van der Waals surface area contributed by atoms with Crippen LogP contribution in [0.2, 0.25) is 0 Å². The summed E-state index contributed by atoms with van der Waals surface area (Å²) >= 11 is 0. The second kappa shape index (κ2) is 11.4. The van der Waals surface area contributed by atoms with Crippen molar-refractivity contribution in [1.82, 2.24) is 14.5 Å². The minimum Gasteiger partial charge on any atom is -0.466 e. The van der Waals surface area contributed by atoms with E-state index in [0.29, 0.717) is 32.8 Å². The van der Waals surface area contributed by atoms with Crippen LogP contribution in [0.25, 0.3) is 0 Å². The smallest absolute Gasteiger partial charge is 0.310 e. The van der Waals surface area contributed by atoms with E-state index < -0.39 is 10.0 Å². The highest BCUT2D eigenvalue weighted by Gasteiger charge is 2.30. The molecule has 2 atom stereocenters. The Kier molecular flexibility index (Phi) is 10.3. The van der Waals surface area contributed by atoms with Crippen LogP contribution in [0.4, 0.5) is 0 Å². The normalized spacial score (nSPS) is 24.4. The van der Waals surface area contributed by atoms with Gasteiger partial charge in [0.15, 0.2) is 5.96 Å². The summed E-state index contributed by atoms with van der Waals surface area (Å²) in [6.45, 7) is 8.18. The Morgan fingerprint density at radius 1 is 1.22 bits per heavy atom. The molecule has 2 saturated heterocycles. The van der Waals surface area contributed by atoms with Gasteiger partial charge in [-0.25, -0.2) is 12.7 Å². The van der Waals surface area contributed by atoms with Crippen molar-refractivity contribution in [3.05, 3.63) is 0 Å². The number of guanidine groups is 1. The van der Waals surface area contributed by atoms with Gasteiger partial charge in [0.05, 0.1) is 18.8 Å². The Morgan fingerprint density at radius 3 is 2.56 bits per heavy atom. The summed E-state index contributed by atoms with van der Waals surface area (Å²) in [5.74, 6) is 0.802. The average molecular weight is 516 g/mol. The van der Waals surface area contributed by atoms with Crippen molar-refractivity contribution in [2.75, 3.05) is 52.1 Å². The molecule has 0 aromatic heterocycles. The molecule has 2 fully saturated rings. The predicted molar refractivity (Wildman–Crippen MR) is 117 cm³/mol. The van der Waals surface area contributed by atoms with Crippen LogP contribution in [0.3, 0.4) is 0 Å². The van der Waals surface area contributed by atoms with E-state index in [-0.39, 0.29) is 41.8 Å². The van der Waals surface area contributed by atoms with Crippen LogP contribution in [-0.2, 0) is 19.6 Å². The SMILES string of the molecule is CCNC(=NCC1CCN(S(C)(=O)=O)C1)N1CCC[C@@H](C(=O)OCC)C1.I. The van der Waals surface area contributed by atoms with Gasteiger partial charge in [0.25, 0.3) is 0 Å². The van der Waals surface area contributed by atoms with Crippen LogP contribution in [0, 0.1) is 11.8 Å². The molecule has 0 aromatic carbocycles. The van der Waals surface area contributed by atoms with Crippen molar-refractivity contribution < 1.29 is 17.9 Å². The number of carbonyl (C=O) groups is 1. The molecule has 158 valence electrons. The first-order valence-electron chi connectivity index (χ1n) is 9.50. The molecule has 0 spiro atoms. The summed E-state index contributed by atoms with van der Waals surface area (Å²) in [5.41, 5.74) is 0. The summed E-state index contributed by atoms with van der Waals surface area (Å²) in [6.07, 6.45) is 3.87. The molecule has 0 aromatic rings. The van der Waals surface area contributed by atoms with Crippen molar-refractivity contribution >= 4 is 45.9 Å². The van der Waals surface area contributed by atoms with Gasteiger partial charge in [-0.05, 0) is 39.0 Å². The highest BCUT2D eigenvalue weighted by atomic mass is 127. The molecule has 2 aliphatic rings. The quantitative estimate of drug-likeness (QED) is 0.246. The summed E-state index contributed by atoms with van der Waals surface area (Å²) in [6, 6.07) is 0. The zero-order valence-corrected chi connectivity index (χ0v) is 19.7. The van der Waals surface area contributed by atoms with Crippen molar-refractivity contribution in [2.24, 2.45) is 16.8 Å². The zero-order valence-electron chi connectivity index (χ0n) is 16.5. The minimum atomic E-state index is -3.12. The molecule has 27 heavy (non-hydrogen) atoms. The number of carbonyl (C=O) groups excluding carboxylic acids is 1. The molecule has 0 amide bonds. The van der Waals surface area contributed by atoms with E-state index in [9.17, 15) is 13.2 Å². The van der Waals surface area contributed by atoms with Crippen LogP contribution in [0.15, 0.2) is 4.99 Å². The molecule has 8 nitrogen and oxygen atoms in total. The average Bonchev–Trinajstić information content (AvgIpc) is 3.08. The Morgan fingerprint density at radius 2 is 1.96 bits per heavy atom. The van der Waals surface area contributed by atoms with Gasteiger partial charge in [0.1, 0.15) is 0 Å². The van der Waals surface area contributed by atoms with E-state index in [2.05, 4.69) is 10.2 Å². The fourth-order valence-electron chi connectivity index (χ4n) is 3.51. The van der Waals surface area contributed by atoms with Gasteiger partial charge in [-0.15, -0.1) is 24.0 Å². The number of rotatable bonds is 6. The number of nitrogens with one attached hydrogen (secondary N) is 1. The van der Waals surface area contributed by atoms with Crippen LogP contribution in [-0.4, -0.2) is 81.7 Å². The highest BCUT2D eigenvalue weighted by molar-refractivity contribution is 14.0. The highest BCUT2D eigenvalue weighted by Crippen LogP contribution is 2.20. The lowest BCUT2D eigenvalue weighted by Gasteiger charge is -2.34. The number of piperidine rings is 1. The molecule has 0 radical (unpaired) electrons. The maximum absolute atomic E-state index is 12.0. The van der Waals surface area contributed by atoms with Crippen LogP contribution >= 0.6 is 24.0 Å². The van der Waals surface area contributed by atoms with E-state index in [4.69, 9.17) is 9.73 Å². The topological polar surface area (TPSA) is 91.3 Å². The molecular weight excluding hydrogens is 483 g/mol. The number of sulfonamides is 1. The molecule has 10 heteroatoms. The largest absolute Gasteiger partial charge is 0.466 e. The molecule has 0 aliphatic carbocycles. The first kappa shape index (κ1) is 24.4. The van der Waals surface area contributed by atoms with Gasteiger partial charge in [-0.1, -0.05) is 0 Å². The Labute approximate surface area is 180 Å². The summed E-state index contributed by atoms with van der Waals surface area (Å²) in [5, 5.41) is 3.30. The van der Waals surface area contributed by atoms with Crippen molar-refractivity contribution in [2.45, 2.75) is 33.1 Å². The van der Waals surface area contributed by atoms with Gasteiger partial charge in [0, 0.05) is 39.3 Å². The van der Waals surface area contributed by atoms with E-state index in [1.165, 1.54) is 10.6 Å². The predicted octanol–water partition coefficient (Wildman–Crippen LogP) is 1.13. The molecule has 1 N–H and O–H groups in total. The number of aliphatic imine (C=N–C) groups is 1. The molecule has 0 saturated carbocycles. The molecule has 2 aliphatic heterocycles. The fraction of sp³-hybridized carbons (Fsp3) is 0.882. The third-order valence-electron chi connectivity index (χ3n) is 4.89. The van der Waals surface area contributed by atoms with E-state index in [1.54, 1.807) is 0 Å². The summed E-state index contributed by atoms with van der Waals surface area (Å²) in [4.78, 5) is 18.9. The van der Waals surface area contributed by atoms with Crippen LogP contribution in [0.1, 0.15) is 33.1 Å². The van der Waals surface area contributed by atoms with Gasteiger partial charge < -0.3 is 15.0 Å². The van der Waals surface area contributed by atoms with E-state index in [1.807, 2.05) is 13.8 Å². The van der Waals surface area contributed by atoms with Crippen molar-refractivity contribution in [3.8, 4) is 0 Å². The third-order valence-corrected chi connectivity index (χ3v) is 6.16. The lowest BCUT2D eigenvalue weighted by atomic mass is 9.98. The maximum Gasteiger partial charge on any atom is 0.310 e. The Hall–Kier alpha value is -0.620. The van der Waals surface area contributed by atoms with Crippen LogP contribution in [0.5, 0.6) is 0 Å². The minimum absolute atomic E-state index is 0. The zero-order chi connectivity index (χ0) is 19.2. The lowest BCUT2D eigenvalue weighted by molar-refractivity contribution is -0.149. The van der Waals surface area contributed by atoms with E-state index >= 15 is 0 Å². The van der Waals surface area contributed by atoms with Crippen LogP contribution < -0.4 is 5.32 Å². The van der Waals surface area contributed by atoms with Gasteiger partial charge in [-0.2, -0.15) is 0 Å². The van der Waals surface area contributed by atoms with Crippen molar-refractivity contribution in [1.29, 1.82) is 0 Å². The van der Waals surface area contributed by atoms with Crippen molar-refractivity contribution in [3.63, 3.8) is 0 Å². The van der Waals surface area contributed by atoms with Gasteiger partial charge in [-0.3, -0.25) is 9.79 Å². The van der Waals surface area contributed by atoms with Gasteiger partial charge >= 0.3 is 5.97 Å². The van der Waals surface area contributed by atoms with E-state index in [0.717, 1.165) is 38.3 Å².